The predicted molar refractivity (Wildman–Crippen MR) is 46.6 cm³/mol. The Morgan fingerprint density at radius 1 is 1.09 bits per heavy atom. The topological polar surface area (TPSA) is 18.5 Å². The largest absolute Gasteiger partial charge is 0.396 e. The molecule has 65 valence electrons. The van der Waals surface area contributed by atoms with Crippen LogP contribution in [0.25, 0.3) is 0 Å². The molecule has 0 N–H and O–H groups in total. The average molecular weight is 173 g/mol. The molecule has 1 aliphatic rings. The Hall–Kier alpha value is 0.137. The van der Waals surface area contributed by atoms with E-state index in [1.54, 1.807) is 14.2 Å². The molecule has 0 saturated heterocycles. The standard InChI is InChI=1S/C8H17O2Si/c1-8(6-4-5-7-8)11(9-2)10-3/h4-7H2,1-3H3. The molecular weight excluding hydrogens is 156 g/mol. The van der Waals surface area contributed by atoms with Gasteiger partial charge in [-0.25, -0.2) is 0 Å². The molecule has 11 heavy (non-hydrogen) atoms. The second-order valence-corrected chi connectivity index (χ2v) is 6.06. The van der Waals surface area contributed by atoms with Gasteiger partial charge in [0, 0.05) is 19.3 Å². The molecule has 0 spiro atoms. The highest BCUT2D eigenvalue weighted by Crippen LogP contribution is 2.46. The first-order chi connectivity index (χ1) is 5.23. The zero-order valence-corrected chi connectivity index (χ0v) is 8.64. The molecule has 1 rings (SSSR count). The summed E-state index contributed by atoms with van der Waals surface area (Å²) in [7, 11) is 2.53. The van der Waals surface area contributed by atoms with Crippen LogP contribution in [0.2, 0.25) is 5.04 Å². The normalized spacial score (nSPS) is 22.9. The molecule has 0 aromatic carbocycles. The lowest BCUT2D eigenvalue weighted by Gasteiger charge is -2.27. The lowest BCUT2D eigenvalue weighted by atomic mass is 10.1. The molecule has 0 heterocycles. The first kappa shape index (κ1) is 9.23. The fraction of sp³-hybridized carbons (Fsp3) is 1.00. The molecule has 2 nitrogen and oxygen atoms in total. The number of rotatable bonds is 3. The van der Waals surface area contributed by atoms with Gasteiger partial charge in [0.25, 0.3) is 0 Å². The summed E-state index contributed by atoms with van der Waals surface area (Å²) in [5, 5.41) is 0.369. The highest BCUT2D eigenvalue weighted by Gasteiger charge is 2.41. The summed E-state index contributed by atoms with van der Waals surface area (Å²) in [6.07, 6.45) is 5.25. The van der Waals surface area contributed by atoms with E-state index in [4.69, 9.17) is 8.85 Å². The van der Waals surface area contributed by atoms with Gasteiger partial charge in [-0.2, -0.15) is 0 Å². The summed E-state index contributed by atoms with van der Waals surface area (Å²) in [6.45, 7) is 2.29. The summed E-state index contributed by atoms with van der Waals surface area (Å²) >= 11 is 0. The minimum absolute atomic E-state index is 0.369. The van der Waals surface area contributed by atoms with Crippen molar-refractivity contribution in [3.05, 3.63) is 0 Å². The van der Waals surface area contributed by atoms with Crippen LogP contribution in [0.4, 0.5) is 0 Å². The Morgan fingerprint density at radius 3 is 1.91 bits per heavy atom. The predicted octanol–water partition coefficient (Wildman–Crippen LogP) is 2.10. The van der Waals surface area contributed by atoms with Gasteiger partial charge in [0.05, 0.1) is 0 Å². The molecule has 0 bridgehead atoms. The van der Waals surface area contributed by atoms with E-state index in [9.17, 15) is 0 Å². The van der Waals surface area contributed by atoms with E-state index in [2.05, 4.69) is 6.92 Å². The van der Waals surface area contributed by atoms with E-state index in [0.717, 1.165) is 0 Å². The van der Waals surface area contributed by atoms with Crippen molar-refractivity contribution in [1.82, 2.24) is 0 Å². The fourth-order valence-corrected chi connectivity index (χ4v) is 3.85. The van der Waals surface area contributed by atoms with Gasteiger partial charge < -0.3 is 8.85 Å². The van der Waals surface area contributed by atoms with Gasteiger partial charge in [0.2, 0.25) is 0 Å². The minimum Gasteiger partial charge on any atom is -0.396 e. The van der Waals surface area contributed by atoms with E-state index in [1.165, 1.54) is 25.7 Å². The lowest BCUT2D eigenvalue weighted by molar-refractivity contribution is 0.243. The van der Waals surface area contributed by atoms with Crippen LogP contribution in [0.3, 0.4) is 0 Å². The van der Waals surface area contributed by atoms with Crippen molar-refractivity contribution >= 4 is 9.28 Å². The summed E-state index contributed by atoms with van der Waals surface area (Å²) < 4.78 is 10.7. The van der Waals surface area contributed by atoms with Gasteiger partial charge >= 0.3 is 9.28 Å². The average Bonchev–Trinajstić information content (AvgIpc) is 2.39. The maximum Gasteiger partial charge on any atom is 0.390 e. The van der Waals surface area contributed by atoms with Crippen molar-refractivity contribution in [1.29, 1.82) is 0 Å². The minimum atomic E-state index is -0.999. The Balaban J connectivity index is 2.53. The van der Waals surface area contributed by atoms with Gasteiger partial charge in [-0.1, -0.05) is 19.8 Å². The second-order valence-electron chi connectivity index (χ2n) is 3.46. The third kappa shape index (κ3) is 1.83. The van der Waals surface area contributed by atoms with E-state index in [-0.39, 0.29) is 0 Å². The lowest BCUT2D eigenvalue weighted by Crippen LogP contribution is -2.32. The molecule has 0 atom stereocenters. The third-order valence-corrected chi connectivity index (χ3v) is 4.80. The van der Waals surface area contributed by atoms with Crippen molar-refractivity contribution in [2.45, 2.75) is 37.6 Å². The quantitative estimate of drug-likeness (QED) is 0.608. The molecular formula is C8H17O2Si. The highest BCUT2D eigenvalue weighted by molar-refractivity contribution is 6.48. The molecule has 1 fully saturated rings. The van der Waals surface area contributed by atoms with Crippen LogP contribution in [0, 0.1) is 0 Å². The fourth-order valence-electron chi connectivity index (χ4n) is 1.94. The molecule has 1 aliphatic carbocycles. The van der Waals surface area contributed by atoms with Crippen molar-refractivity contribution in [3.63, 3.8) is 0 Å². The van der Waals surface area contributed by atoms with Gasteiger partial charge in [0.15, 0.2) is 0 Å². The van der Waals surface area contributed by atoms with E-state index >= 15 is 0 Å². The molecule has 0 unspecified atom stereocenters. The van der Waals surface area contributed by atoms with Gasteiger partial charge in [-0.15, -0.1) is 0 Å². The van der Waals surface area contributed by atoms with Crippen LogP contribution in [-0.4, -0.2) is 23.5 Å². The number of hydrogen-bond donors (Lipinski definition) is 0. The van der Waals surface area contributed by atoms with E-state index < -0.39 is 9.28 Å². The monoisotopic (exact) mass is 173 g/mol. The third-order valence-electron chi connectivity index (χ3n) is 2.57. The summed E-state index contributed by atoms with van der Waals surface area (Å²) in [6, 6.07) is 0. The van der Waals surface area contributed by atoms with Gasteiger partial charge in [-0.05, 0) is 12.8 Å². The van der Waals surface area contributed by atoms with E-state index in [1.807, 2.05) is 0 Å². The van der Waals surface area contributed by atoms with Crippen molar-refractivity contribution in [2.75, 3.05) is 14.2 Å². The molecule has 0 aliphatic heterocycles. The first-order valence-electron chi connectivity index (χ1n) is 4.18. The summed E-state index contributed by atoms with van der Waals surface area (Å²) in [5.41, 5.74) is 0. The maximum absolute atomic E-state index is 5.37. The zero-order valence-electron chi connectivity index (χ0n) is 7.64. The molecule has 0 aromatic rings. The Kier molecular flexibility index (Phi) is 3.10. The number of hydrogen-bond acceptors (Lipinski definition) is 2. The molecule has 1 saturated carbocycles. The van der Waals surface area contributed by atoms with E-state index in [0.29, 0.717) is 5.04 Å². The molecule has 1 radical (unpaired) electrons. The molecule has 0 aromatic heterocycles. The van der Waals surface area contributed by atoms with Crippen molar-refractivity contribution in [3.8, 4) is 0 Å². The Bertz CT molecular complexity index is 117. The van der Waals surface area contributed by atoms with Crippen molar-refractivity contribution < 1.29 is 8.85 Å². The second kappa shape index (κ2) is 3.69. The molecule has 0 amide bonds. The Morgan fingerprint density at radius 2 is 1.55 bits per heavy atom. The highest BCUT2D eigenvalue weighted by atomic mass is 28.3. The summed E-state index contributed by atoms with van der Waals surface area (Å²) in [5.74, 6) is 0. The van der Waals surface area contributed by atoms with Gasteiger partial charge in [-0.3, -0.25) is 0 Å². The van der Waals surface area contributed by atoms with Crippen LogP contribution in [0.15, 0.2) is 0 Å². The molecule has 3 heteroatoms. The zero-order chi connectivity index (χ0) is 8.32. The van der Waals surface area contributed by atoms with Crippen LogP contribution in [0.5, 0.6) is 0 Å². The summed E-state index contributed by atoms with van der Waals surface area (Å²) in [4.78, 5) is 0. The van der Waals surface area contributed by atoms with Crippen molar-refractivity contribution in [2.24, 2.45) is 0 Å². The smallest absolute Gasteiger partial charge is 0.390 e. The Labute approximate surface area is 70.7 Å². The SMILES string of the molecule is CO[Si](OC)C1(C)CCCC1. The van der Waals surface area contributed by atoms with Crippen LogP contribution in [-0.2, 0) is 8.85 Å². The van der Waals surface area contributed by atoms with Crippen LogP contribution < -0.4 is 0 Å². The maximum atomic E-state index is 5.37. The first-order valence-corrected chi connectivity index (χ1v) is 5.50. The van der Waals surface area contributed by atoms with Crippen LogP contribution >= 0.6 is 0 Å². The van der Waals surface area contributed by atoms with Crippen LogP contribution in [0.1, 0.15) is 32.6 Å². The van der Waals surface area contributed by atoms with Gasteiger partial charge in [0.1, 0.15) is 0 Å².